The fourth-order valence-electron chi connectivity index (χ4n) is 4.30. The number of hydrogen-bond donors (Lipinski definition) is 1. The second-order valence-corrected chi connectivity index (χ2v) is 7.02. The normalized spacial score (nSPS) is 28.2. The van der Waals surface area contributed by atoms with E-state index in [-0.39, 0.29) is 24.7 Å². The van der Waals surface area contributed by atoms with Crippen LogP contribution in [0, 0.1) is 0 Å². The van der Waals surface area contributed by atoms with Crippen molar-refractivity contribution in [2.24, 2.45) is 0 Å². The first-order chi connectivity index (χ1) is 12.3. The van der Waals surface area contributed by atoms with Crippen LogP contribution in [0.3, 0.4) is 0 Å². The number of aromatic nitrogens is 1. The Bertz CT molecular complexity index is 620. The number of amides is 1. The van der Waals surface area contributed by atoms with Crippen LogP contribution in [-0.4, -0.2) is 78.8 Å². The van der Waals surface area contributed by atoms with Gasteiger partial charge in [-0.05, 0) is 18.9 Å². The number of rotatable bonds is 4. The van der Waals surface area contributed by atoms with E-state index in [1.165, 1.54) is 5.56 Å². The van der Waals surface area contributed by atoms with Gasteiger partial charge in [0, 0.05) is 57.7 Å². The van der Waals surface area contributed by atoms with E-state index in [0.29, 0.717) is 6.04 Å². The molecule has 0 aromatic carbocycles. The predicted octanol–water partition coefficient (Wildman–Crippen LogP) is 0.714. The maximum atomic E-state index is 12.5. The molecular formula is C18H26N4O3. The molecule has 0 aliphatic carbocycles. The van der Waals surface area contributed by atoms with Gasteiger partial charge in [-0.2, -0.15) is 0 Å². The Kier molecular flexibility index (Phi) is 4.87. The van der Waals surface area contributed by atoms with Gasteiger partial charge in [0.15, 0.2) is 0 Å². The molecule has 1 amide bonds. The van der Waals surface area contributed by atoms with Gasteiger partial charge in [-0.3, -0.25) is 9.69 Å². The molecule has 3 aliphatic heterocycles. The third-order valence-corrected chi connectivity index (χ3v) is 5.48. The molecule has 0 bridgehead atoms. The molecule has 0 spiro atoms. The molecular weight excluding hydrogens is 320 g/mol. The second-order valence-electron chi connectivity index (χ2n) is 7.02. The van der Waals surface area contributed by atoms with Crippen LogP contribution in [0.15, 0.2) is 18.3 Å². The van der Waals surface area contributed by atoms with E-state index in [0.717, 1.165) is 51.5 Å². The minimum absolute atomic E-state index is 0.107. The SMILES string of the molecule is CNc1ncccc1CN1C[C@@H]2OCC(=O)N(C3CCOCC3)[C@H]2C1. The Morgan fingerprint density at radius 3 is 2.96 bits per heavy atom. The first kappa shape index (κ1) is 16.8. The minimum Gasteiger partial charge on any atom is -0.381 e. The summed E-state index contributed by atoms with van der Waals surface area (Å²) in [7, 11) is 1.89. The first-order valence-corrected chi connectivity index (χ1v) is 9.11. The van der Waals surface area contributed by atoms with Gasteiger partial charge >= 0.3 is 0 Å². The topological polar surface area (TPSA) is 66.9 Å². The van der Waals surface area contributed by atoms with Crippen LogP contribution in [0.4, 0.5) is 5.82 Å². The molecule has 7 heteroatoms. The summed E-state index contributed by atoms with van der Waals surface area (Å²) in [5.41, 5.74) is 1.17. The lowest BCUT2D eigenvalue weighted by molar-refractivity contribution is -0.159. The average molecular weight is 346 g/mol. The van der Waals surface area contributed by atoms with Gasteiger partial charge in [-0.25, -0.2) is 4.98 Å². The highest BCUT2D eigenvalue weighted by Crippen LogP contribution is 2.30. The van der Waals surface area contributed by atoms with Gasteiger partial charge in [0.1, 0.15) is 12.4 Å². The summed E-state index contributed by atoms with van der Waals surface area (Å²) in [5, 5.41) is 3.15. The molecule has 1 aromatic heterocycles. The van der Waals surface area contributed by atoms with Crippen LogP contribution in [0.25, 0.3) is 0 Å². The highest BCUT2D eigenvalue weighted by atomic mass is 16.5. The van der Waals surface area contributed by atoms with Crippen molar-refractivity contribution in [2.75, 3.05) is 45.3 Å². The summed E-state index contributed by atoms with van der Waals surface area (Å²) < 4.78 is 11.3. The van der Waals surface area contributed by atoms with Gasteiger partial charge < -0.3 is 19.7 Å². The van der Waals surface area contributed by atoms with E-state index in [9.17, 15) is 4.79 Å². The fraction of sp³-hybridized carbons (Fsp3) is 0.667. The zero-order chi connectivity index (χ0) is 17.2. The molecule has 25 heavy (non-hydrogen) atoms. The molecule has 1 N–H and O–H groups in total. The predicted molar refractivity (Wildman–Crippen MR) is 93.3 cm³/mol. The number of likely N-dealkylation sites (tertiary alicyclic amines) is 1. The molecule has 2 atom stereocenters. The Morgan fingerprint density at radius 1 is 1.32 bits per heavy atom. The Labute approximate surface area is 148 Å². The van der Waals surface area contributed by atoms with Crippen molar-refractivity contribution in [1.82, 2.24) is 14.8 Å². The van der Waals surface area contributed by atoms with Crippen molar-refractivity contribution in [1.29, 1.82) is 0 Å². The van der Waals surface area contributed by atoms with Gasteiger partial charge in [-0.15, -0.1) is 0 Å². The number of anilines is 1. The third-order valence-electron chi connectivity index (χ3n) is 5.48. The lowest BCUT2D eigenvalue weighted by Crippen LogP contribution is -2.58. The Balaban J connectivity index is 1.47. The number of morpholine rings is 1. The maximum absolute atomic E-state index is 12.5. The van der Waals surface area contributed by atoms with Gasteiger partial charge in [0.25, 0.3) is 0 Å². The molecule has 0 radical (unpaired) electrons. The lowest BCUT2D eigenvalue weighted by Gasteiger charge is -2.43. The second kappa shape index (κ2) is 7.27. The zero-order valence-electron chi connectivity index (χ0n) is 14.7. The molecule has 4 rings (SSSR count). The molecule has 1 aromatic rings. The van der Waals surface area contributed by atoms with Gasteiger partial charge in [0.05, 0.1) is 12.1 Å². The van der Waals surface area contributed by atoms with E-state index in [1.807, 2.05) is 13.1 Å². The molecule has 0 saturated carbocycles. The smallest absolute Gasteiger partial charge is 0.249 e. The van der Waals surface area contributed by atoms with Gasteiger partial charge in [-0.1, -0.05) is 6.07 Å². The molecule has 3 aliphatic rings. The molecule has 3 fully saturated rings. The van der Waals surface area contributed by atoms with E-state index < -0.39 is 0 Å². The number of fused-ring (bicyclic) bond motifs is 1. The van der Waals surface area contributed by atoms with E-state index >= 15 is 0 Å². The van der Waals surface area contributed by atoms with Crippen molar-refractivity contribution in [3.05, 3.63) is 23.9 Å². The van der Waals surface area contributed by atoms with Crippen LogP contribution in [-0.2, 0) is 20.8 Å². The monoisotopic (exact) mass is 346 g/mol. The number of nitrogens with one attached hydrogen (secondary N) is 1. The molecule has 136 valence electrons. The van der Waals surface area contributed by atoms with Crippen LogP contribution in [0.5, 0.6) is 0 Å². The number of hydrogen-bond acceptors (Lipinski definition) is 6. The van der Waals surface area contributed by atoms with Crippen LogP contribution in [0.1, 0.15) is 18.4 Å². The summed E-state index contributed by atoms with van der Waals surface area (Å²) in [5.74, 6) is 1.04. The first-order valence-electron chi connectivity index (χ1n) is 9.11. The highest BCUT2D eigenvalue weighted by Gasteiger charge is 2.45. The Morgan fingerprint density at radius 2 is 2.16 bits per heavy atom. The number of carbonyl (C=O) groups is 1. The van der Waals surface area contributed by atoms with Crippen LogP contribution >= 0.6 is 0 Å². The summed E-state index contributed by atoms with van der Waals surface area (Å²) in [6, 6.07) is 4.51. The minimum atomic E-state index is 0.107. The number of pyridine rings is 1. The van der Waals surface area contributed by atoms with E-state index in [4.69, 9.17) is 9.47 Å². The van der Waals surface area contributed by atoms with Crippen LogP contribution < -0.4 is 5.32 Å². The van der Waals surface area contributed by atoms with Crippen molar-refractivity contribution in [3.63, 3.8) is 0 Å². The summed E-state index contributed by atoms with van der Waals surface area (Å²) in [4.78, 5) is 21.4. The average Bonchev–Trinajstić information content (AvgIpc) is 3.05. The fourth-order valence-corrected chi connectivity index (χ4v) is 4.30. The maximum Gasteiger partial charge on any atom is 0.249 e. The number of nitrogens with zero attached hydrogens (tertiary/aromatic N) is 3. The largest absolute Gasteiger partial charge is 0.381 e. The van der Waals surface area contributed by atoms with Crippen LogP contribution in [0.2, 0.25) is 0 Å². The number of carbonyl (C=O) groups excluding carboxylic acids is 1. The van der Waals surface area contributed by atoms with E-state index in [1.54, 1.807) is 6.20 Å². The third kappa shape index (κ3) is 3.36. The summed E-state index contributed by atoms with van der Waals surface area (Å²) in [6.07, 6.45) is 3.77. The van der Waals surface area contributed by atoms with E-state index in [2.05, 4.69) is 26.2 Å². The quantitative estimate of drug-likeness (QED) is 0.866. The van der Waals surface area contributed by atoms with Crippen molar-refractivity contribution in [3.8, 4) is 0 Å². The molecule has 7 nitrogen and oxygen atoms in total. The standard InChI is InChI=1S/C18H26N4O3/c1-19-18-13(3-2-6-20-18)9-21-10-15-16(11-21)25-12-17(23)22(15)14-4-7-24-8-5-14/h2-3,6,14-16H,4-5,7-12H2,1H3,(H,19,20)/t15-,16-/m0/s1. The summed E-state index contributed by atoms with van der Waals surface area (Å²) in [6.45, 7) is 4.23. The van der Waals surface area contributed by atoms with Crippen molar-refractivity contribution in [2.45, 2.75) is 37.6 Å². The molecule has 4 heterocycles. The van der Waals surface area contributed by atoms with Gasteiger partial charge in [0.2, 0.25) is 5.91 Å². The van der Waals surface area contributed by atoms with Crippen molar-refractivity contribution < 1.29 is 14.3 Å². The molecule has 3 saturated heterocycles. The number of ether oxygens (including phenoxy) is 2. The highest BCUT2D eigenvalue weighted by molar-refractivity contribution is 5.79. The van der Waals surface area contributed by atoms with Crippen molar-refractivity contribution >= 4 is 11.7 Å². The summed E-state index contributed by atoms with van der Waals surface area (Å²) >= 11 is 0. The zero-order valence-corrected chi connectivity index (χ0v) is 14.7. The molecule has 0 unspecified atom stereocenters. The lowest BCUT2D eigenvalue weighted by atomic mass is 10.0. The Hall–Kier alpha value is -1.70.